The van der Waals surface area contributed by atoms with E-state index in [0.717, 1.165) is 31.6 Å². The summed E-state index contributed by atoms with van der Waals surface area (Å²) < 4.78 is 10.2. The van der Waals surface area contributed by atoms with Crippen molar-refractivity contribution in [3.8, 4) is 0 Å². The summed E-state index contributed by atoms with van der Waals surface area (Å²) in [5.41, 5.74) is 0. The van der Waals surface area contributed by atoms with Gasteiger partial charge in [-0.05, 0) is 38.0 Å². The van der Waals surface area contributed by atoms with Gasteiger partial charge in [-0.25, -0.2) is 0 Å². The average molecular weight is 747 g/mol. The normalized spacial score (nSPS) is 14.7. The first kappa shape index (κ1) is 50.5. The standard InChI is InChI=1S/C45H78O8/c1-4-5-24-31-40(46)32-26-21-18-19-22-27-33-42(48)43(49)34-29-36-45(51)53-38-41(47)37-52-44(50)35-28-23-17-15-13-11-9-7-6-8-10-12-14-16-20-25-30-39(2)3/h5,18-19,21-22,24,26-27,32-33,39-43,46-49H,4,6-17,20,23,25,28-31,34-38H2,1-3H3/b21-18+,22-19-,24-5-,32-26+,33-27-/t40-,41-,42+,43+/m1/s1. The molecule has 0 fully saturated rings. The van der Waals surface area contributed by atoms with Crippen LogP contribution in [-0.2, 0) is 19.1 Å². The molecular weight excluding hydrogens is 668 g/mol. The van der Waals surface area contributed by atoms with Crippen molar-refractivity contribution >= 4 is 11.9 Å². The Labute approximate surface area is 323 Å². The Morgan fingerprint density at radius 3 is 1.45 bits per heavy atom. The molecule has 0 saturated heterocycles. The van der Waals surface area contributed by atoms with E-state index in [1.165, 1.54) is 96.0 Å². The van der Waals surface area contributed by atoms with Gasteiger partial charge in [0, 0.05) is 12.8 Å². The maximum absolute atomic E-state index is 12.0. The van der Waals surface area contributed by atoms with Crippen LogP contribution in [0.3, 0.4) is 0 Å². The predicted octanol–water partition coefficient (Wildman–Crippen LogP) is 9.95. The number of aliphatic hydroxyl groups is 4. The van der Waals surface area contributed by atoms with Crippen molar-refractivity contribution in [2.75, 3.05) is 13.2 Å². The van der Waals surface area contributed by atoms with E-state index in [0.29, 0.717) is 19.3 Å². The van der Waals surface area contributed by atoms with E-state index in [2.05, 4.69) is 13.8 Å². The Balaban J connectivity index is 3.72. The lowest BCUT2D eigenvalue weighted by Gasteiger charge is -2.14. The Hall–Kier alpha value is -2.52. The van der Waals surface area contributed by atoms with Gasteiger partial charge in [0.2, 0.25) is 0 Å². The van der Waals surface area contributed by atoms with E-state index in [1.807, 2.05) is 19.1 Å². The molecule has 0 rings (SSSR count). The molecule has 4 N–H and O–H groups in total. The SMILES string of the molecule is CC/C=C\C[C@@H](O)/C=C/C=C/C=C\C=C/[C@H](O)[C@@H](O)CCCC(=O)OC[C@H](O)COC(=O)CCCCCCCCCCCCCCCCCCC(C)C. The summed E-state index contributed by atoms with van der Waals surface area (Å²) in [7, 11) is 0. The molecule has 0 unspecified atom stereocenters. The van der Waals surface area contributed by atoms with Gasteiger partial charge in [-0.15, -0.1) is 0 Å². The van der Waals surface area contributed by atoms with Crippen molar-refractivity contribution in [1.29, 1.82) is 0 Å². The van der Waals surface area contributed by atoms with Crippen LogP contribution >= 0.6 is 0 Å². The highest BCUT2D eigenvalue weighted by atomic mass is 16.6. The Morgan fingerprint density at radius 2 is 0.962 bits per heavy atom. The van der Waals surface area contributed by atoms with Crippen molar-refractivity contribution in [1.82, 2.24) is 0 Å². The fourth-order valence-electron chi connectivity index (χ4n) is 5.73. The number of rotatable bonds is 36. The van der Waals surface area contributed by atoms with Gasteiger partial charge >= 0.3 is 11.9 Å². The molecule has 0 aromatic heterocycles. The molecule has 0 aromatic rings. The molecule has 0 heterocycles. The van der Waals surface area contributed by atoms with E-state index in [-0.39, 0.29) is 32.0 Å². The first-order valence-corrected chi connectivity index (χ1v) is 21.0. The van der Waals surface area contributed by atoms with Gasteiger partial charge in [-0.1, -0.05) is 184 Å². The van der Waals surface area contributed by atoms with Gasteiger partial charge in [-0.3, -0.25) is 9.59 Å². The van der Waals surface area contributed by atoms with Crippen LogP contribution in [0.15, 0.2) is 60.8 Å². The Kier molecular flexibility index (Phi) is 36.0. The summed E-state index contributed by atoms with van der Waals surface area (Å²) >= 11 is 0. The number of carbonyl (C=O) groups is 2. The average Bonchev–Trinajstić information content (AvgIpc) is 3.13. The molecule has 0 aliphatic carbocycles. The quantitative estimate of drug-likeness (QED) is 0.0216. The number of esters is 2. The van der Waals surface area contributed by atoms with Crippen LogP contribution in [-0.4, -0.2) is 70.0 Å². The number of hydrogen-bond donors (Lipinski definition) is 4. The lowest BCUT2D eigenvalue weighted by atomic mass is 10.0. The largest absolute Gasteiger partial charge is 0.463 e. The van der Waals surface area contributed by atoms with E-state index in [1.54, 1.807) is 42.5 Å². The molecule has 4 atom stereocenters. The van der Waals surface area contributed by atoms with Crippen LogP contribution in [0.2, 0.25) is 0 Å². The Morgan fingerprint density at radius 1 is 0.528 bits per heavy atom. The van der Waals surface area contributed by atoms with E-state index < -0.39 is 30.4 Å². The lowest BCUT2D eigenvalue weighted by Crippen LogP contribution is -2.26. The molecular formula is C45H78O8. The van der Waals surface area contributed by atoms with E-state index in [9.17, 15) is 30.0 Å². The van der Waals surface area contributed by atoms with Crippen LogP contribution in [0.4, 0.5) is 0 Å². The lowest BCUT2D eigenvalue weighted by molar-refractivity contribution is -0.152. The molecule has 0 radical (unpaired) electrons. The zero-order valence-corrected chi connectivity index (χ0v) is 33.8. The number of unbranched alkanes of at least 4 members (excludes halogenated alkanes) is 15. The minimum atomic E-state index is -1.09. The second-order valence-corrected chi connectivity index (χ2v) is 14.8. The van der Waals surface area contributed by atoms with Gasteiger partial charge in [0.15, 0.2) is 0 Å². The molecule has 0 spiro atoms. The van der Waals surface area contributed by atoms with Crippen molar-refractivity contribution < 1.29 is 39.5 Å². The summed E-state index contributed by atoms with van der Waals surface area (Å²) in [5.74, 6) is -0.0412. The number of allylic oxidation sites excluding steroid dienone is 7. The summed E-state index contributed by atoms with van der Waals surface area (Å²) in [6, 6.07) is 0. The highest BCUT2D eigenvalue weighted by molar-refractivity contribution is 5.69. The van der Waals surface area contributed by atoms with Crippen molar-refractivity contribution in [2.45, 2.75) is 193 Å². The molecule has 0 bridgehead atoms. The van der Waals surface area contributed by atoms with Crippen molar-refractivity contribution in [3.05, 3.63) is 60.8 Å². The van der Waals surface area contributed by atoms with Crippen LogP contribution in [0, 0.1) is 5.92 Å². The second kappa shape index (κ2) is 37.8. The molecule has 0 aromatic carbocycles. The smallest absolute Gasteiger partial charge is 0.305 e. The molecule has 0 saturated carbocycles. The van der Waals surface area contributed by atoms with Crippen LogP contribution in [0.5, 0.6) is 0 Å². The number of hydrogen-bond acceptors (Lipinski definition) is 8. The second-order valence-electron chi connectivity index (χ2n) is 14.8. The number of aliphatic hydroxyl groups excluding tert-OH is 4. The Bertz CT molecular complexity index is 998. The predicted molar refractivity (Wildman–Crippen MR) is 218 cm³/mol. The first-order chi connectivity index (χ1) is 25.6. The molecule has 8 nitrogen and oxygen atoms in total. The summed E-state index contributed by atoms with van der Waals surface area (Å²) in [4.78, 5) is 24.0. The molecule has 0 amide bonds. The third-order valence-electron chi connectivity index (χ3n) is 9.04. The van der Waals surface area contributed by atoms with Crippen LogP contribution < -0.4 is 0 Å². The molecule has 53 heavy (non-hydrogen) atoms. The fourth-order valence-corrected chi connectivity index (χ4v) is 5.73. The summed E-state index contributed by atoms with van der Waals surface area (Å²) in [6.45, 7) is 6.17. The zero-order valence-electron chi connectivity index (χ0n) is 33.8. The summed E-state index contributed by atoms with van der Waals surface area (Å²) in [5, 5.41) is 40.1. The van der Waals surface area contributed by atoms with Crippen LogP contribution in [0.1, 0.15) is 168 Å². The van der Waals surface area contributed by atoms with Gasteiger partial charge in [0.1, 0.15) is 19.3 Å². The topological polar surface area (TPSA) is 134 Å². The maximum atomic E-state index is 12.0. The monoisotopic (exact) mass is 747 g/mol. The third-order valence-corrected chi connectivity index (χ3v) is 9.04. The van der Waals surface area contributed by atoms with Crippen LogP contribution in [0.25, 0.3) is 0 Å². The van der Waals surface area contributed by atoms with Gasteiger partial charge in [-0.2, -0.15) is 0 Å². The third kappa shape index (κ3) is 37.6. The number of ether oxygens (including phenoxy) is 2. The van der Waals surface area contributed by atoms with E-state index >= 15 is 0 Å². The molecule has 0 aliphatic heterocycles. The minimum Gasteiger partial charge on any atom is -0.463 e. The minimum absolute atomic E-state index is 0.0285. The van der Waals surface area contributed by atoms with Gasteiger partial charge < -0.3 is 29.9 Å². The first-order valence-electron chi connectivity index (χ1n) is 21.0. The zero-order chi connectivity index (χ0) is 39.2. The molecule has 0 aliphatic rings. The van der Waals surface area contributed by atoms with Crippen molar-refractivity contribution in [3.63, 3.8) is 0 Å². The summed E-state index contributed by atoms with van der Waals surface area (Å²) in [6.07, 6.45) is 38.1. The molecule has 8 heteroatoms. The van der Waals surface area contributed by atoms with Gasteiger partial charge in [0.25, 0.3) is 0 Å². The van der Waals surface area contributed by atoms with E-state index in [4.69, 9.17) is 9.47 Å². The van der Waals surface area contributed by atoms with Crippen molar-refractivity contribution in [2.24, 2.45) is 5.92 Å². The fraction of sp³-hybridized carbons (Fsp3) is 0.733. The maximum Gasteiger partial charge on any atom is 0.305 e. The van der Waals surface area contributed by atoms with Gasteiger partial charge in [0.05, 0.1) is 18.3 Å². The number of carbonyl (C=O) groups excluding carboxylic acids is 2. The highest BCUT2D eigenvalue weighted by Crippen LogP contribution is 2.15. The highest BCUT2D eigenvalue weighted by Gasteiger charge is 2.15. The molecule has 306 valence electrons.